The van der Waals surface area contributed by atoms with Crippen LogP contribution in [-0.4, -0.2) is 6.17 Å². The van der Waals surface area contributed by atoms with Gasteiger partial charge in [0, 0.05) is 12.1 Å². The average Bonchev–Trinajstić information content (AvgIpc) is 1.80. The second kappa shape index (κ2) is 2.09. The van der Waals surface area contributed by atoms with Gasteiger partial charge in [0.2, 0.25) is 0 Å². The molecule has 0 aliphatic heterocycles. The standard InChI is InChI=1S/C6H9FN2/c7-4-1-2-5(8)6(9)3-4/h1-2,4H,3,8-9H2. The zero-order chi connectivity index (χ0) is 6.85. The molecule has 0 spiro atoms. The van der Waals surface area contributed by atoms with E-state index in [4.69, 9.17) is 11.5 Å². The summed E-state index contributed by atoms with van der Waals surface area (Å²) < 4.78 is 12.4. The van der Waals surface area contributed by atoms with Gasteiger partial charge in [-0.25, -0.2) is 4.39 Å². The van der Waals surface area contributed by atoms with Gasteiger partial charge in [0.25, 0.3) is 0 Å². The predicted octanol–water partition coefficient (Wildman–Crippen LogP) is 0.413. The molecule has 3 heteroatoms. The summed E-state index contributed by atoms with van der Waals surface area (Å²) >= 11 is 0. The van der Waals surface area contributed by atoms with Crippen LogP contribution < -0.4 is 11.5 Å². The van der Waals surface area contributed by atoms with Gasteiger partial charge in [-0.2, -0.15) is 0 Å². The van der Waals surface area contributed by atoms with Crippen molar-refractivity contribution in [2.24, 2.45) is 11.5 Å². The van der Waals surface area contributed by atoms with Crippen molar-refractivity contribution in [1.82, 2.24) is 0 Å². The van der Waals surface area contributed by atoms with Gasteiger partial charge in [-0.15, -0.1) is 0 Å². The molecule has 0 fully saturated rings. The summed E-state index contributed by atoms with van der Waals surface area (Å²) in [5.41, 5.74) is 11.6. The molecule has 0 bridgehead atoms. The maximum absolute atomic E-state index is 12.4. The van der Waals surface area contributed by atoms with Crippen LogP contribution in [0.25, 0.3) is 0 Å². The molecule has 0 amide bonds. The van der Waals surface area contributed by atoms with Crippen LogP contribution in [0.1, 0.15) is 6.42 Å². The minimum absolute atomic E-state index is 0.238. The summed E-state index contributed by atoms with van der Waals surface area (Å²) in [5, 5.41) is 0. The third kappa shape index (κ3) is 1.22. The summed E-state index contributed by atoms with van der Waals surface area (Å²) in [4.78, 5) is 0. The third-order valence-electron chi connectivity index (χ3n) is 1.27. The molecule has 1 rings (SSSR count). The first-order valence-corrected chi connectivity index (χ1v) is 2.76. The van der Waals surface area contributed by atoms with E-state index in [9.17, 15) is 4.39 Å². The molecule has 0 saturated heterocycles. The summed E-state index contributed by atoms with van der Waals surface area (Å²) in [6, 6.07) is 0. The Bertz CT molecular complexity index is 172. The number of alkyl halides is 1. The van der Waals surface area contributed by atoms with Crippen LogP contribution >= 0.6 is 0 Å². The summed E-state index contributed by atoms with van der Waals surface area (Å²) in [5.74, 6) is 0. The van der Waals surface area contributed by atoms with Crippen molar-refractivity contribution in [3.05, 3.63) is 23.5 Å². The van der Waals surface area contributed by atoms with Crippen molar-refractivity contribution in [2.45, 2.75) is 12.6 Å². The molecule has 4 N–H and O–H groups in total. The second-order valence-electron chi connectivity index (χ2n) is 2.06. The molecule has 0 radical (unpaired) electrons. The van der Waals surface area contributed by atoms with Crippen LogP contribution in [0, 0.1) is 0 Å². The molecule has 0 aromatic carbocycles. The predicted molar refractivity (Wildman–Crippen MR) is 34.1 cm³/mol. The molecule has 0 aromatic heterocycles. The van der Waals surface area contributed by atoms with Crippen molar-refractivity contribution in [3.8, 4) is 0 Å². The molecule has 1 unspecified atom stereocenters. The lowest BCUT2D eigenvalue weighted by Crippen LogP contribution is -2.15. The molecule has 0 saturated carbocycles. The average molecular weight is 128 g/mol. The third-order valence-corrected chi connectivity index (χ3v) is 1.27. The Morgan fingerprint density at radius 3 is 2.67 bits per heavy atom. The lowest BCUT2D eigenvalue weighted by atomic mass is 10.1. The number of nitrogens with two attached hydrogens (primary N) is 2. The van der Waals surface area contributed by atoms with Gasteiger partial charge in [0.15, 0.2) is 0 Å². The second-order valence-corrected chi connectivity index (χ2v) is 2.06. The van der Waals surface area contributed by atoms with Crippen molar-refractivity contribution in [3.63, 3.8) is 0 Å². The van der Waals surface area contributed by atoms with E-state index < -0.39 is 6.17 Å². The van der Waals surface area contributed by atoms with Gasteiger partial charge in [-0.3, -0.25) is 0 Å². The van der Waals surface area contributed by atoms with E-state index >= 15 is 0 Å². The van der Waals surface area contributed by atoms with Gasteiger partial charge in [0.1, 0.15) is 6.17 Å². The van der Waals surface area contributed by atoms with E-state index in [0.717, 1.165) is 0 Å². The van der Waals surface area contributed by atoms with Gasteiger partial charge in [-0.05, 0) is 12.2 Å². The largest absolute Gasteiger partial charge is 0.400 e. The topological polar surface area (TPSA) is 52.0 Å². The summed E-state index contributed by atoms with van der Waals surface area (Å²) in [7, 11) is 0. The van der Waals surface area contributed by atoms with E-state index in [-0.39, 0.29) is 6.42 Å². The maximum Gasteiger partial charge on any atom is 0.124 e. The minimum Gasteiger partial charge on any atom is -0.400 e. The first-order valence-electron chi connectivity index (χ1n) is 2.76. The normalized spacial score (nSPS) is 27.0. The summed E-state index contributed by atoms with van der Waals surface area (Å²) in [6.07, 6.45) is 2.20. The maximum atomic E-state index is 12.4. The number of halogens is 1. The highest BCUT2D eigenvalue weighted by molar-refractivity contribution is 5.26. The van der Waals surface area contributed by atoms with Gasteiger partial charge in [0.05, 0.1) is 5.70 Å². The molecule has 1 aliphatic rings. The molecular weight excluding hydrogens is 119 g/mol. The Balaban J connectivity index is 2.75. The molecule has 50 valence electrons. The Labute approximate surface area is 53.0 Å². The zero-order valence-corrected chi connectivity index (χ0v) is 4.97. The Morgan fingerprint density at radius 2 is 2.22 bits per heavy atom. The fourth-order valence-corrected chi connectivity index (χ4v) is 0.711. The smallest absolute Gasteiger partial charge is 0.124 e. The monoisotopic (exact) mass is 128 g/mol. The van der Waals surface area contributed by atoms with Gasteiger partial charge in [-0.1, -0.05) is 0 Å². The fourth-order valence-electron chi connectivity index (χ4n) is 0.711. The highest BCUT2D eigenvalue weighted by Crippen LogP contribution is 2.13. The number of hydrogen-bond acceptors (Lipinski definition) is 2. The van der Waals surface area contributed by atoms with Crippen LogP contribution in [0.2, 0.25) is 0 Å². The lowest BCUT2D eigenvalue weighted by molar-refractivity contribution is 0.392. The quantitative estimate of drug-likeness (QED) is 0.496. The molecule has 1 atom stereocenters. The summed E-state index contributed by atoms with van der Waals surface area (Å²) in [6.45, 7) is 0. The van der Waals surface area contributed by atoms with E-state index in [1.165, 1.54) is 12.2 Å². The molecule has 9 heavy (non-hydrogen) atoms. The van der Waals surface area contributed by atoms with Crippen molar-refractivity contribution in [2.75, 3.05) is 0 Å². The van der Waals surface area contributed by atoms with E-state index in [1.54, 1.807) is 0 Å². The van der Waals surface area contributed by atoms with Crippen LogP contribution in [0.4, 0.5) is 4.39 Å². The van der Waals surface area contributed by atoms with Crippen molar-refractivity contribution in [1.29, 1.82) is 0 Å². The van der Waals surface area contributed by atoms with Crippen molar-refractivity contribution < 1.29 is 4.39 Å². The molecule has 0 aromatic rings. The molecule has 0 heterocycles. The van der Waals surface area contributed by atoms with E-state index in [0.29, 0.717) is 11.4 Å². The van der Waals surface area contributed by atoms with Crippen LogP contribution in [0.15, 0.2) is 23.5 Å². The first kappa shape index (κ1) is 6.13. The molecular formula is C6H9FN2. The van der Waals surface area contributed by atoms with Crippen LogP contribution in [0.3, 0.4) is 0 Å². The fraction of sp³-hybridized carbons (Fsp3) is 0.333. The Hall–Kier alpha value is -0.990. The van der Waals surface area contributed by atoms with Crippen molar-refractivity contribution >= 4 is 0 Å². The van der Waals surface area contributed by atoms with Crippen LogP contribution in [0.5, 0.6) is 0 Å². The Kier molecular flexibility index (Phi) is 1.42. The number of allylic oxidation sites excluding steroid dienone is 3. The van der Waals surface area contributed by atoms with E-state index in [1.807, 2.05) is 0 Å². The highest BCUT2D eigenvalue weighted by atomic mass is 19.1. The van der Waals surface area contributed by atoms with E-state index in [2.05, 4.69) is 0 Å². The molecule has 2 nitrogen and oxygen atoms in total. The van der Waals surface area contributed by atoms with Crippen LogP contribution in [-0.2, 0) is 0 Å². The number of rotatable bonds is 0. The lowest BCUT2D eigenvalue weighted by Gasteiger charge is -2.10. The number of hydrogen-bond donors (Lipinski definition) is 2. The zero-order valence-electron chi connectivity index (χ0n) is 4.97. The highest BCUT2D eigenvalue weighted by Gasteiger charge is 2.09. The van der Waals surface area contributed by atoms with Gasteiger partial charge < -0.3 is 11.5 Å². The SMILES string of the molecule is NC1=C(N)CC(F)C=C1. The minimum atomic E-state index is -0.947. The Morgan fingerprint density at radius 1 is 1.56 bits per heavy atom. The first-order chi connectivity index (χ1) is 4.20. The molecule has 1 aliphatic carbocycles. The van der Waals surface area contributed by atoms with Gasteiger partial charge >= 0.3 is 0 Å².